The van der Waals surface area contributed by atoms with Gasteiger partial charge in [-0.1, -0.05) is 0 Å². The molecule has 1 heterocycles. The number of hydrogen-bond acceptors (Lipinski definition) is 3. The van der Waals surface area contributed by atoms with Gasteiger partial charge in [0.2, 0.25) is 0 Å². The molecule has 0 atom stereocenters. The predicted molar refractivity (Wildman–Crippen MR) is 37.0 cm³/mol. The van der Waals surface area contributed by atoms with E-state index in [2.05, 4.69) is 31.6 Å². The van der Waals surface area contributed by atoms with Crippen LogP contribution >= 0.6 is 0 Å². The van der Waals surface area contributed by atoms with E-state index >= 15 is 0 Å². The van der Waals surface area contributed by atoms with Crippen LogP contribution < -0.4 is 10.9 Å². The first kappa shape index (κ1) is 6.42. The lowest BCUT2D eigenvalue weighted by Crippen LogP contribution is -2.51. The maximum atomic E-state index is 3.04. The molecule has 0 unspecified atom stereocenters. The van der Waals surface area contributed by atoms with Gasteiger partial charge in [0, 0.05) is 12.4 Å². The lowest BCUT2D eigenvalue weighted by Gasteiger charge is -2.30. The predicted octanol–water partition coefficient (Wildman–Crippen LogP) is 0.581. The van der Waals surface area contributed by atoms with Crippen molar-refractivity contribution in [2.75, 3.05) is 0 Å². The number of nitrogens with one attached hydrogen (secondary N) is 2. The standard InChI is InChI=1S/C6H13N3/c1-6(2,3)9-7-4-5-8-9/h4-5,7-8H,1-3H3. The second kappa shape index (κ2) is 1.92. The molecule has 3 nitrogen and oxygen atoms in total. The van der Waals surface area contributed by atoms with Crippen molar-refractivity contribution in [3.63, 3.8) is 0 Å². The fraction of sp³-hybridized carbons (Fsp3) is 0.667. The average Bonchev–Trinajstić information content (AvgIpc) is 2.08. The van der Waals surface area contributed by atoms with Gasteiger partial charge in [0.1, 0.15) is 0 Å². The molecule has 0 aromatic rings. The molecular weight excluding hydrogens is 114 g/mol. The van der Waals surface area contributed by atoms with Crippen molar-refractivity contribution >= 4 is 0 Å². The lowest BCUT2D eigenvalue weighted by atomic mass is 10.1. The molecule has 9 heavy (non-hydrogen) atoms. The van der Waals surface area contributed by atoms with Crippen molar-refractivity contribution in [2.24, 2.45) is 0 Å². The van der Waals surface area contributed by atoms with Crippen LogP contribution in [-0.2, 0) is 0 Å². The van der Waals surface area contributed by atoms with Crippen LogP contribution in [-0.4, -0.2) is 10.7 Å². The Kier molecular flexibility index (Phi) is 1.37. The van der Waals surface area contributed by atoms with Crippen LogP contribution in [0.1, 0.15) is 20.8 Å². The number of hydrogen-bond donors (Lipinski definition) is 2. The molecule has 0 fully saturated rings. The summed E-state index contributed by atoms with van der Waals surface area (Å²) in [6, 6.07) is 0. The normalized spacial score (nSPS) is 19.4. The van der Waals surface area contributed by atoms with Crippen LogP contribution in [0.5, 0.6) is 0 Å². The van der Waals surface area contributed by atoms with E-state index in [0.29, 0.717) is 0 Å². The summed E-state index contributed by atoms with van der Waals surface area (Å²) in [5.74, 6) is 0. The van der Waals surface area contributed by atoms with Crippen LogP contribution in [0, 0.1) is 0 Å². The Bertz CT molecular complexity index is 115. The Morgan fingerprint density at radius 2 is 1.56 bits per heavy atom. The molecule has 0 saturated heterocycles. The molecule has 0 bridgehead atoms. The van der Waals surface area contributed by atoms with Crippen LogP contribution in [0.3, 0.4) is 0 Å². The van der Waals surface area contributed by atoms with E-state index in [0.717, 1.165) is 0 Å². The fourth-order valence-electron chi connectivity index (χ4n) is 0.648. The molecule has 3 heteroatoms. The van der Waals surface area contributed by atoms with E-state index < -0.39 is 0 Å². The zero-order valence-corrected chi connectivity index (χ0v) is 6.10. The van der Waals surface area contributed by atoms with E-state index in [-0.39, 0.29) is 5.54 Å². The Labute approximate surface area is 55.7 Å². The molecule has 0 aromatic carbocycles. The van der Waals surface area contributed by atoms with Gasteiger partial charge in [-0.3, -0.25) is 0 Å². The van der Waals surface area contributed by atoms with Crippen LogP contribution in [0.25, 0.3) is 0 Å². The Hall–Kier alpha value is -0.700. The Balaban J connectivity index is 2.46. The van der Waals surface area contributed by atoms with Crippen LogP contribution in [0.15, 0.2) is 12.4 Å². The van der Waals surface area contributed by atoms with Crippen molar-refractivity contribution in [1.82, 2.24) is 16.0 Å². The van der Waals surface area contributed by atoms with Gasteiger partial charge in [0.15, 0.2) is 0 Å². The summed E-state index contributed by atoms with van der Waals surface area (Å²) < 4.78 is 0. The van der Waals surface area contributed by atoms with Crippen molar-refractivity contribution < 1.29 is 0 Å². The van der Waals surface area contributed by atoms with Crippen molar-refractivity contribution in [3.8, 4) is 0 Å². The minimum absolute atomic E-state index is 0.128. The Morgan fingerprint density at radius 3 is 1.78 bits per heavy atom. The van der Waals surface area contributed by atoms with Gasteiger partial charge >= 0.3 is 0 Å². The first-order valence-electron chi connectivity index (χ1n) is 3.08. The van der Waals surface area contributed by atoms with Crippen LogP contribution in [0.4, 0.5) is 0 Å². The fourth-order valence-corrected chi connectivity index (χ4v) is 0.648. The molecule has 1 aliphatic heterocycles. The first-order valence-corrected chi connectivity index (χ1v) is 3.08. The third-order valence-corrected chi connectivity index (χ3v) is 1.16. The largest absolute Gasteiger partial charge is 0.307 e. The quantitative estimate of drug-likeness (QED) is 0.498. The van der Waals surface area contributed by atoms with Gasteiger partial charge in [-0.05, 0) is 20.8 Å². The molecule has 1 rings (SSSR count). The molecule has 0 saturated carbocycles. The first-order chi connectivity index (χ1) is 4.11. The van der Waals surface area contributed by atoms with E-state index in [1.54, 1.807) is 0 Å². The van der Waals surface area contributed by atoms with Gasteiger partial charge in [0.05, 0.1) is 5.54 Å². The lowest BCUT2D eigenvalue weighted by molar-refractivity contribution is 0.0689. The number of rotatable bonds is 0. The topological polar surface area (TPSA) is 27.3 Å². The highest BCUT2D eigenvalue weighted by Crippen LogP contribution is 2.08. The zero-order valence-electron chi connectivity index (χ0n) is 6.10. The van der Waals surface area contributed by atoms with Gasteiger partial charge in [-0.15, -0.1) is 5.12 Å². The maximum absolute atomic E-state index is 3.04. The second-order valence-corrected chi connectivity index (χ2v) is 3.10. The molecule has 1 aliphatic rings. The molecule has 52 valence electrons. The minimum Gasteiger partial charge on any atom is -0.307 e. The van der Waals surface area contributed by atoms with E-state index in [1.165, 1.54) is 0 Å². The third kappa shape index (κ3) is 1.36. The maximum Gasteiger partial charge on any atom is 0.0525 e. The van der Waals surface area contributed by atoms with Crippen molar-refractivity contribution in [2.45, 2.75) is 26.3 Å². The summed E-state index contributed by atoms with van der Waals surface area (Å²) >= 11 is 0. The monoisotopic (exact) mass is 127 g/mol. The Morgan fingerprint density at radius 1 is 1.11 bits per heavy atom. The molecule has 2 N–H and O–H groups in total. The summed E-state index contributed by atoms with van der Waals surface area (Å²) in [5, 5.41) is 1.94. The molecule has 0 amide bonds. The van der Waals surface area contributed by atoms with E-state index in [1.807, 2.05) is 17.5 Å². The van der Waals surface area contributed by atoms with Gasteiger partial charge in [-0.2, -0.15) is 0 Å². The molecule has 0 spiro atoms. The van der Waals surface area contributed by atoms with Gasteiger partial charge in [-0.25, -0.2) is 0 Å². The van der Waals surface area contributed by atoms with E-state index in [9.17, 15) is 0 Å². The van der Waals surface area contributed by atoms with Gasteiger partial charge in [0.25, 0.3) is 0 Å². The molecule has 0 aromatic heterocycles. The number of nitrogens with zero attached hydrogens (tertiary/aromatic N) is 1. The molecular formula is C6H13N3. The highest BCUT2D eigenvalue weighted by molar-refractivity contribution is 4.86. The highest BCUT2D eigenvalue weighted by atomic mass is 15.8. The summed E-state index contributed by atoms with van der Waals surface area (Å²) in [6.45, 7) is 6.38. The molecule has 0 radical (unpaired) electrons. The third-order valence-electron chi connectivity index (χ3n) is 1.16. The summed E-state index contributed by atoms with van der Waals surface area (Å²) in [6.07, 6.45) is 3.73. The van der Waals surface area contributed by atoms with Crippen molar-refractivity contribution in [3.05, 3.63) is 12.4 Å². The molecule has 0 aliphatic carbocycles. The number of hydrazine groups is 2. The summed E-state index contributed by atoms with van der Waals surface area (Å²) in [5.41, 5.74) is 6.20. The second-order valence-electron chi connectivity index (χ2n) is 3.10. The highest BCUT2D eigenvalue weighted by Gasteiger charge is 2.20. The zero-order chi connectivity index (χ0) is 6.91. The summed E-state index contributed by atoms with van der Waals surface area (Å²) in [4.78, 5) is 0. The van der Waals surface area contributed by atoms with Crippen LogP contribution in [0.2, 0.25) is 0 Å². The van der Waals surface area contributed by atoms with E-state index in [4.69, 9.17) is 0 Å². The SMILES string of the molecule is CC(C)(C)N1NC=CN1. The summed E-state index contributed by atoms with van der Waals surface area (Å²) in [7, 11) is 0. The average molecular weight is 127 g/mol. The van der Waals surface area contributed by atoms with Gasteiger partial charge < -0.3 is 10.9 Å². The smallest absolute Gasteiger partial charge is 0.0525 e. The minimum atomic E-state index is 0.128. The van der Waals surface area contributed by atoms with Crippen molar-refractivity contribution in [1.29, 1.82) is 0 Å².